The predicted molar refractivity (Wildman–Crippen MR) is 87.0 cm³/mol. The van der Waals surface area contributed by atoms with Crippen molar-refractivity contribution in [2.45, 2.75) is 44.2 Å². The summed E-state index contributed by atoms with van der Waals surface area (Å²) in [7, 11) is 0. The molecule has 4 rings (SSSR count). The summed E-state index contributed by atoms with van der Waals surface area (Å²) < 4.78 is 17.0. The van der Waals surface area contributed by atoms with Crippen molar-refractivity contribution < 1.29 is 18.7 Å². The fraction of sp³-hybridized carbons (Fsp3) is 0.421. The van der Waals surface area contributed by atoms with Crippen molar-refractivity contribution in [1.29, 1.82) is 0 Å². The van der Waals surface area contributed by atoms with E-state index in [1.165, 1.54) is 0 Å². The number of nitrogens with zero attached hydrogens (tertiary/aromatic N) is 1. The van der Waals surface area contributed by atoms with Crippen molar-refractivity contribution in [2.75, 3.05) is 6.61 Å². The standard InChI is InChI=1S/C19H21NO4/c1-19(2)20(15(12-23-19)13-7-4-3-5-8-13)14-11-17(24-18(14)21)16-9-6-10-22-16/h3-10,14-15,17H,11-12H2,1-2H3/t14-,15-,17-/m1/s1. The summed E-state index contributed by atoms with van der Waals surface area (Å²) in [5, 5.41) is 0. The molecule has 0 aliphatic carbocycles. The number of ether oxygens (including phenoxy) is 2. The molecule has 2 fully saturated rings. The van der Waals surface area contributed by atoms with E-state index in [1.807, 2.05) is 44.2 Å². The lowest BCUT2D eigenvalue weighted by Gasteiger charge is -2.36. The van der Waals surface area contributed by atoms with Crippen LogP contribution >= 0.6 is 0 Å². The van der Waals surface area contributed by atoms with Crippen molar-refractivity contribution in [1.82, 2.24) is 4.90 Å². The Morgan fingerprint density at radius 2 is 1.88 bits per heavy atom. The molecule has 2 aliphatic rings. The van der Waals surface area contributed by atoms with Gasteiger partial charge in [-0.1, -0.05) is 30.3 Å². The van der Waals surface area contributed by atoms with Crippen molar-refractivity contribution >= 4 is 5.97 Å². The van der Waals surface area contributed by atoms with E-state index in [4.69, 9.17) is 13.9 Å². The van der Waals surface area contributed by atoms with Crippen LogP contribution in [0.4, 0.5) is 0 Å². The minimum absolute atomic E-state index is 0.0362. The highest BCUT2D eigenvalue weighted by Crippen LogP contribution is 2.43. The molecule has 0 radical (unpaired) electrons. The van der Waals surface area contributed by atoms with Crippen molar-refractivity contribution in [3.63, 3.8) is 0 Å². The molecule has 0 unspecified atom stereocenters. The molecule has 1 aromatic carbocycles. The Kier molecular flexibility index (Phi) is 3.70. The molecule has 0 amide bonds. The maximum Gasteiger partial charge on any atom is 0.324 e. The first kappa shape index (κ1) is 15.4. The van der Waals surface area contributed by atoms with Crippen LogP contribution in [0.3, 0.4) is 0 Å². The maximum absolute atomic E-state index is 12.6. The molecule has 0 saturated carbocycles. The summed E-state index contributed by atoms with van der Waals surface area (Å²) in [6, 6.07) is 13.5. The maximum atomic E-state index is 12.6. The smallest absolute Gasteiger partial charge is 0.324 e. The van der Waals surface area contributed by atoms with Gasteiger partial charge in [-0.15, -0.1) is 0 Å². The van der Waals surface area contributed by atoms with E-state index in [-0.39, 0.29) is 24.2 Å². The third-order valence-electron chi connectivity index (χ3n) is 4.90. The van der Waals surface area contributed by atoms with Crippen LogP contribution in [0.5, 0.6) is 0 Å². The van der Waals surface area contributed by atoms with Crippen molar-refractivity contribution in [3.8, 4) is 0 Å². The minimum Gasteiger partial charge on any atom is -0.465 e. The van der Waals surface area contributed by atoms with Gasteiger partial charge in [0, 0.05) is 6.42 Å². The van der Waals surface area contributed by atoms with Crippen LogP contribution in [-0.2, 0) is 14.3 Å². The Morgan fingerprint density at radius 1 is 1.08 bits per heavy atom. The topological polar surface area (TPSA) is 51.9 Å². The van der Waals surface area contributed by atoms with Gasteiger partial charge in [-0.3, -0.25) is 9.69 Å². The zero-order valence-electron chi connectivity index (χ0n) is 13.8. The number of hydrogen-bond acceptors (Lipinski definition) is 5. The number of benzene rings is 1. The third kappa shape index (κ3) is 2.54. The van der Waals surface area contributed by atoms with Crippen LogP contribution in [0.25, 0.3) is 0 Å². The van der Waals surface area contributed by atoms with E-state index in [2.05, 4.69) is 17.0 Å². The highest BCUT2D eigenvalue weighted by atomic mass is 16.6. The number of esters is 1. The Morgan fingerprint density at radius 3 is 2.58 bits per heavy atom. The fourth-order valence-corrected chi connectivity index (χ4v) is 3.78. The van der Waals surface area contributed by atoms with Crippen LogP contribution < -0.4 is 0 Å². The summed E-state index contributed by atoms with van der Waals surface area (Å²) in [5.74, 6) is 0.482. The van der Waals surface area contributed by atoms with Crippen LogP contribution in [0, 0.1) is 0 Å². The lowest BCUT2D eigenvalue weighted by molar-refractivity contribution is -0.151. The SMILES string of the molecule is CC1(C)OC[C@H](c2ccccc2)N1[C@@H]1C[C@H](c2ccco2)OC1=O. The summed E-state index contributed by atoms with van der Waals surface area (Å²) in [6.45, 7) is 4.57. The van der Waals surface area contributed by atoms with Gasteiger partial charge in [0.2, 0.25) is 0 Å². The normalized spacial score (nSPS) is 29.8. The highest BCUT2D eigenvalue weighted by Gasteiger charge is 2.51. The molecule has 0 spiro atoms. The molecule has 5 nitrogen and oxygen atoms in total. The van der Waals surface area contributed by atoms with E-state index < -0.39 is 5.72 Å². The van der Waals surface area contributed by atoms with Crippen LogP contribution in [0.15, 0.2) is 53.1 Å². The molecular formula is C19H21NO4. The molecule has 24 heavy (non-hydrogen) atoms. The summed E-state index contributed by atoms with van der Waals surface area (Å²) in [6.07, 6.45) is 1.85. The van der Waals surface area contributed by atoms with Gasteiger partial charge in [-0.2, -0.15) is 0 Å². The van der Waals surface area contributed by atoms with Crippen molar-refractivity contribution in [3.05, 3.63) is 60.1 Å². The van der Waals surface area contributed by atoms with Gasteiger partial charge in [0.1, 0.15) is 17.5 Å². The molecule has 1 aromatic heterocycles. The first-order chi connectivity index (χ1) is 11.6. The number of cyclic esters (lactones) is 1. The number of hydrogen-bond donors (Lipinski definition) is 0. The summed E-state index contributed by atoms with van der Waals surface area (Å²) in [5.41, 5.74) is 0.625. The molecule has 126 valence electrons. The number of furan rings is 1. The molecule has 0 N–H and O–H groups in total. The number of carbonyl (C=O) groups is 1. The highest BCUT2D eigenvalue weighted by molar-refractivity contribution is 5.78. The molecular weight excluding hydrogens is 306 g/mol. The minimum atomic E-state index is -0.526. The molecule has 3 atom stereocenters. The predicted octanol–water partition coefficient (Wildman–Crippen LogP) is 3.45. The van der Waals surface area contributed by atoms with Gasteiger partial charge < -0.3 is 13.9 Å². The first-order valence-corrected chi connectivity index (χ1v) is 8.27. The van der Waals surface area contributed by atoms with Gasteiger partial charge >= 0.3 is 5.97 Å². The average Bonchev–Trinajstić information content (AvgIpc) is 3.27. The second-order valence-corrected chi connectivity index (χ2v) is 6.78. The van der Waals surface area contributed by atoms with Crippen LogP contribution in [0.2, 0.25) is 0 Å². The van der Waals surface area contributed by atoms with Gasteiger partial charge in [0.05, 0.1) is 18.9 Å². The van der Waals surface area contributed by atoms with Gasteiger partial charge in [-0.05, 0) is 31.5 Å². The van der Waals surface area contributed by atoms with Crippen LogP contribution in [-0.4, -0.2) is 29.2 Å². The van der Waals surface area contributed by atoms with Gasteiger partial charge in [0.25, 0.3) is 0 Å². The largest absolute Gasteiger partial charge is 0.465 e. The molecule has 5 heteroatoms. The molecule has 2 aliphatic heterocycles. The van der Waals surface area contributed by atoms with Crippen molar-refractivity contribution in [2.24, 2.45) is 0 Å². The van der Waals surface area contributed by atoms with E-state index in [1.54, 1.807) is 6.26 Å². The second-order valence-electron chi connectivity index (χ2n) is 6.78. The van der Waals surface area contributed by atoms with E-state index in [0.29, 0.717) is 18.8 Å². The molecule has 2 aromatic rings. The van der Waals surface area contributed by atoms with Gasteiger partial charge in [-0.25, -0.2) is 0 Å². The molecule has 2 saturated heterocycles. The Labute approximate surface area is 141 Å². The Bertz CT molecular complexity index is 710. The number of rotatable bonds is 3. The van der Waals surface area contributed by atoms with E-state index >= 15 is 0 Å². The zero-order valence-corrected chi connectivity index (χ0v) is 13.8. The third-order valence-corrected chi connectivity index (χ3v) is 4.90. The average molecular weight is 327 g/mol. The molecule has 3 heterocycles. The first-order valence-electron chi connectivity index (χ1n) is 8.27. The fourth-order valence-electron chi connectivity index (χ4n) is 3.78. The van der Waals surface area contributed by atoms with Crippen LogP contribution in [0.1, 0.15) is 43.7 Å². The monoisotopic (exact) mass is 327 g/mol. The number of carbonyl (C=O) groups excluding carboxylic acids is 1. The lowest BCUT2D eigenvalue weighted by Crippen LogP contribution is -2.49. The van der Waals surface area contributed by atoms with E-state index in [0.717, 1.165) is 5.56 Å². The van der Waals surface area contributed by atoms with E-state index in [9.17, 15) is 4.79 Å². The molecule has 0 bridgehead atoms. The summed E-state index contributed by atoms with van der Waals surface area (Å²) >= 11 is 0. The second kappa shape index (κ2) is 5.76. The summed E-state index contributed by atoms with van der Waals surface area (Å²) in [4.78, 5) is 14.7. The quantitative estimate of drug-likeness (QED) is 0.808. The zero-order chi connectivity index (χ0) is 16.7. The Balaban J connectivity index is 1.63. The lowest BCUT2D eigenvalue weighted by atomic mass is 10.0. The Hall–Kier alpha value is -2.11. The van der Waals surface area contributed by atoms with Gasteiger partial charge in [0.15, 0.2) is 6.10 Å².